The van der Waals surface area contributed by atoms with E-state index in [4.69, 9.17) is 5.73 Å². The van der Waals surface area contributed by atoms with Crippen LogP contribution in [0.1, 0.15) is 59.7 Å². The van der Waals surface area contributed by atoms with E-state index in [9.17, 15) is 9.59 Å². The Morgan fingerprint density at radius 1 is 0.919 bits per heavy atom. The van der Waals surface area contributed by atoms with Gasteiger partial charge < -0.3 is 16.0 Å². The lowest BCUT2D eigenvalue weighted by molar-refractivity contribution is -0.117. The number of primary amides is 1. The van der Waals surface area contributed by atoms with Crippen LogP contribution in [0, 0.1) is 0 Å². The molecule has 0 fully saturated rings. The summed E-state index contributed by atoms with van der Waals surface area (Å²) < 4.78 is 0. The van der Waals surface area contributed by atoms with Crippen LogP contribution in [0.15, 0.2) is 72.8 Å². The van der Waals surface area contributed by atoms with E-state index in [2.05, 4.69) is 41.4 Å². The van der Waals surface area contributed by atoms with Crippen molar-refractivity contribution in [1.82, 2.24) is 10.2 Å². The van der Waals surface area contributed by atoms with E-state index < -0.39 is 0 Å². The fourth-order valence-electron chi connectivity index (χ4n) is 5.37. The van der Waals surface area contributed by atoms with Crippen molar-refractivity contribution in [3.63, 3.8) is 0 Å². The molecule has 194 valence electrons. The minimum atomic E-state index is -0.281. The van der Waals surface area contributed by atoms with Gasteiger partial charge in [0.15, 0.2) is 0 Å². The number of carbonyl (C=O) groups excluding carboxylic acids is 2. The van der Waals surface area contributed by atoms with Crippen molar-refractivity contribution < 1.29 is 9.59 Å². The van der Waals surface area contributed by atoms with Crippen LogP contribution in [0.5, 0.6) is 0 Å². The van der Waals surface area contributed by atoms with E-state index >= 15 is 0 Å². The zero-order valence-corrected chi connectivity index (χ0v) is 21.9. The largest absolute Gasteiger partial charge is 0.369 e. The van der Waals surface area contributed by atoms with Gasteiger partial charge in [0.25, 0.3) is 5.91 Å². The number of hydrogen-bond donors (Lipinski definition) is 2. The van der Waals surface area contributed by atoms with Gasteiger partial charge in [-0.15, -0.1) is 0 Å². The van der Waals surface area contributed by atoms with E-state index in [-0.39, 0.29) is 11.8 Å². The SMILES string of the molecule is CCCN(CCCCNC(=O)c1ccc(-c2ccccc2)cc1)C1CCc2ccc(CC(N)=O)cc2C1. The van der Waals surface area contributed by atoms with Crippen LogP contribution >= 0.6 is 0 Å². The zero-order valence-electron chi connectivity index (χ0n) is 21.9. The van der Waals surface area contributed by atoms with Crippen molar-refractivity contribution in [3.05, 3.63) is 95.1 Å². The highest BCUT2D eigenvalue weighted by atomic mass is 16.2. The third kappa shape index (κ3) is 7.53. The summed E-state index contributed by atoms with van der Waals surface area (Å²) in [5.41, 5.74) is 12.1. The number of nitrogens with two attached hydrogens (primary N) is 1. The van der Waals surface area contributed by atoms with E-state index in [1.165, 1.54) is 11.1 Å². The van der Waals surface area contributed by atoms with Crippen LogP contribution < -0.4 is 11.1 Å². The molecule has 5 heteroatoms. The molecule has 0 bridgehead atoms. The van der Waals surface area contributed by atoms with Crippen LogP contribution in [-0.2, 0) is 24.1 Å². The van der Waals surface area contributed by atoms with Crippen LogP contribution in [-0.4, -0.2) is 42.4 Å². The molecule has 3 aromatic carbocycles. The van der Waals surface area contributed by atoms with Gasteiger partial charge in [0, 0.05) is 18.2 Å². The van der Waals surface area contributed by atoms with Gasteiger partial charge in [-0.25, -0.2) is 0 Å². The summed E-state index contributed by atoms with van der Waals surface area (Å²) in [5, 5.41) is 3.08. The molecule has 0 aromatic heterocycles. The molecule has 0 saturated heterocycles. The third-order valence-corrected chi connectivity index (χ3v) is 7.29. The number of carbonyl (C=O) groups is 2. The van der Waals surface area contributed by atoms with Crippen LogP contribution in [0.2, 0.25) is 0 Å². The Kier molecular flexibility index (Phi) is 9.50. The Labute approximate surface area is 221 Å². The Morgan fingerprint density at radius 3 is 2.41 bits per heavy atom. The Morgan fingerprint density at radius 2 is 1.68 bits per heavy atom. The standard InChI is InChI=1S/C32H39N3O2/c1-2-19-35(30-17-16-27-11-10-24(22-31(33)36)21-29(27)23-30)20-7-6-18-34-32(37)28-14-12-26(13-15-28)25-8-4-3-5-9-25/h3-5,8-15,21,30H,2,6-7,16-20,22-23H2,1H3,(H2,33,36)(H,34,37). The minimum Gasteiger partial charge on any atom is -0.369 e. The molecule has 5 nitrogen and oxygen atoms in total. The number of nitrogens with zero attached hydrogens (tertiary/aromatic N) is 1. The quantitative estimate of drug-likeness (QED) is 0.339. The fraction of sp³-hybridized carbons (Fsp3) is 0.375. The minimum absolute atomic E-state index is 0.0133. The van der Waals surface area contributed by atoms with Crippen molar-refractivity contribution in [2.24, 2.45) is 5.73 Å². The Bertz CT molecular complexity index is 1170. The molecule has 3 N–H and O–H groups in total. The second-order valence-corrected chi connectivity index (χ2v) is 10.1. The van der Waals surface area contributed by atoms with Crippen molar-refractivity contribution in [2.75, 3.05) is 19.6 Å². The number of unbranched alkanes of at least 4 members (excludes halogenated alkanes) is 1. The lowest BCUT2D eigenvalue weighted by atomic mass is 9.86. The predicted octanol–water partition coefficient (Wildman–Crippen LogP) is 5.16. The molecule has 0 radical (unpaired) electrons. The second kappa shape index (κ2) is 13.2. The molecule has 3 aromatic rings. The molecule has 0 heterocycles. The van der Waals surface area contributed by atoms with Crippen molar-refractivity contribution in [3.8, 4) is 11.1 Å². The number of nitrogens with one attached hydrogen (secondary N) is 1. The first kappa shape index (κ1) is 26.6. The molecule has 1 unspecified atom stereocenters. The number of fused-ring (bicyclic) bond motifs is 1. The summed E-state index contributed by atoms with van der Waals surface area (Å²) in [6.07, 6.45) is 6.71. The molecular formula is C32H39N3O2. The van der Waals surface area contributed by atoms with Gasteiger partial charge in [0.1, 0.15) is 0 Å². The summed E-state index contributed by atoms with van der Waals surface area (Å²) in [6, 6.07) is 24.9. The van der Waals surface area contributed by atoms with E-state index in [1.54, 1.807) is 0 Å². The summed E-state index contributed by atoms with van der Waals surface area (Å²) in [4.78, 5) is 26.6. The summed E-state index contributed by atoms with van der Waals surface area (Å²) in [7, 11) is 0. The first-order valence-corrected chi connectivity index (χ1v) is 13.6. The first-order valence-electron chi connectivity index (χ1n) is 13.6. The first-order chi connectivity index (χ1) is 18.0. The number of rotatable bonds is 12. The monoisotopic (exact) mass is 497 g/mol. The summed E-state index contributed by atoms with van der Waals surface area (Å²) >= 11 is 0. The topological polar surface area (TPSA) is 75.4 Å². The average Bonchev–Trinajstić information content (AvgIpc) is 2.92. The molecule has 0 spiro atoms. The number of benzene rings is 3. The lowest BCUT2D eigenvalue weighted by Crippen LogP contribution is -2.40. The van der Waals surface area contributed by atoms with Gasteiger partial charge >= 0.3 is 0 Å². The number of amides is 2. The fourth-order valence-corrected chi connectivity index (χ4v) is 5.37. The maximum atomic E-state index is 12.6. The lowest BCUT2D eigenvalue weighted by Gasteiger charge is -2.35. The molecule has 37 heavy (non-hydrogen) atoms. The Balaban J connectivity index is 1.23. The van der Waals surface area contributed by atoms with Gasteiger partial charge in [-0.3, -0.25) is 9.59 Å². The van der Waals surface area contributed by atoms with Gasteiger partial charge in [0.05, 0.1) is 6.42 Å². The molecule has 1 aliphatic carbocycles. The highest BCUT2D eigenvalue weighted by Crippen LogP contribution is 2.26. The predicted molar refractivity (Wildman–Crippen MR) is 150 cm³/mol. The van der Waals surface area contributed by atoms with Gasteiger partial charge in [-0.1, -0.05) is 67.6 Å². The smallest absolute Gasteiger partial charge is 0.251 e. The molecule has 2 amide bonds. The molecular weight excluding hydrogens is 458 g/mol. The van der Waals surface area contributed by atoms with E-state index in [0.717, 1.165) is 68.3 Å². The number of aryl methyl sites for hydroxylation is 1. The highest BCUT2D eigenvalue weighted by molar-refractivity contribution is 5.94. The summed E-state index contributed by atoms with van der Waals surface area (Å²) in [6.45, 7) is 5.04. The van der Waals surface area contributed by atoms with Crippen molar-refractivity contribution >= 4 is 11.8 Å². The molecule has 1 atom stereocenters. The van der Waals surface area contributed by atoms with Crippen molar-refractivity contribution in [2.45, 2.75) is 57.9 Å². The second-order valence-electron chi connectivity index (χ2n) is 10.1. The highest BCUT2D eigenvalue weighted by Gasteiger charge is 2.24. The van der Waals surface area contributed by atoms with Gasteiger partial charge in [-0.05, 0) is 91.6 Å². The van der Waals surface area contributed by atoms with Crippen LogP contribution in [0.25, 0.3) is 11.1 Å². The average molecular weight is 498 g/mol. The van der Waals surface area contributed by atoms with Crippen LogP contribution in [0.3, 0.4) is 0 Å². The van der Waals surface area contributed by atoms with Gasteiger partial charge in [-0.2, -0.15) is 0 Å². The molecule has 0 aliphatic heterocycles. The van der Waals surface area contributed by atoms with E-state index in [1.807, 2.05) is 48.5 Å². The van der Waals surface area contributed by atoms with Crippen LogP contribution in [0.4, 0.5) is 0 Å². The van der Waals surface area contributed by atoms with Crippen molar-refractivity contribution in [1.29, 1.82) is 0 Å². The third-order valence-electron chi connectivity index (χ3n) is 7.29. The normalized spacial score (nSPS) is 14.8. The zero-order chi connectivity index (χ0) is 26.0. The van der Waals surface area contributed by atoms with Gasteiger partial charge in [0.2, 0.25) is 5.91 Å². The molecule has 0 saturated carbocycles. The number of hydrogen-bond acceptors (Lipinski definition) is 3. The Hall–Kier alpha value is -3.44. The maximum absolute atomic E-state index is 12.6. The maximum Gasteiger partial charge on any atom is 0.251 e. The molecule has 4 rings (SSSR count). The van der Waals surface area contributed by atoms with E-state index in [0.29, 0.717) is 24.6 Å². The molecule has 1 aliphatic rings. The summed E-state index contributed by atoms with van der Waals surface area (Å²) in [5.74, 6) is -0.295.